The van der Waals surface area contributed by atoms with Crippen molar-refractivity contribution in [3.63, 3.8) is 0 Å². The van der Waals surface area contributed by atoms with Crippen molar-refractivity contribution >= 4 is 0 Å². The van der Waals surface area contributed by atoms with Crippen LogP contribution in [0.3, 0.4) is 0 Å². The Morgan fingerprint density at radius 1 is 0.720 bits per heavy atom. The van der Waals surface area contributed by atoms with Crippen molar-refractivity contribution in [1.82, 2.24) is 0 Å². The van der Waals surface area contributed by atoms with Crippen LogP contribution in [0.4, 0.5) is 0 Å². The van der Waals surface area contributed by atoms with Gasteiger partial charge in [0.1, 0.15) is 0 Å². The van der Waals surface area contributed by atoms with E-state index in [1.54, 1.807) is 11.1 Å². The molecule has 3 heteroatoms. The summed E-state index contributed by atoms with van der Waals surface area (Å²) in [6.07, 6.45) is 12.4. The topological polar surface area (TPSA) is 0 Å². The Morgan fingerprint density at radius 2 is 1.32 bits per heavy atom. The first kappa shape index (κ1) is 19.2. The van der Waals surface area contributed by atoms with Gasteiger partial charge in [-0.15, -0.1) is 0 Å². The molecule has 0 bridgehead atoms. The SMILES string of the molecule is C1=CC2CC[CH]([Zr+2][CH]3c4ccccc4-c4ccccc43)C2C=C1.[Cl-].[Cl-]. The van der Waals surface area contributed by atoms with E-state index in [2.05, 4.69) is 72.8 Å². The third kappa shape index (κ3) is 3.25. The van der Waals surface area contributed by atoms with E-state index in [4.69, 9.17) is 0 Å². The van der Waals surface area contributed by atoms with Gasteiger partial charge in [0.05, 0.1) is 0 Å². The summed E-state index contributed by atoms with van der Waals surface area (Å²) in [6, 6.07) is 18.3. The third-order valence-corrected chi connectivity index (χ3v) is 10.8. The first-order chi connectivity index (χ1) is 11.4. The van der Waals surface area contributed by atoms with E-state index in [0.717, 1.165) is 19.1 Å². The van der Waals surface area contributed by atoms with Crippen LogP contribution in [0.2, 0.25) is 3.63 Å². The molecule has 3 aliphatic carbocycles. The maximum Gasteiger partial charge on any atom is -1.00 e. The van der Waals surface area contributed by atoms with E-state index in [-0.39, 0.29) is 24.8 Å². The van der Waals surface area contributed by atoms with Crippen LogP contribution in [0.25, 0.3) is 11.1 Å². The molecule has 5 rings (SSSR count). The van der Waals surface area contributed by atoms with Gasteiger partial charge in [-0.05, 0) is 0 Å². The fourth-order valence-electron chi connectivity index (χ4n) is 4.70. The van der Waals surface area contributed by atoms with Gasteiger partial charge >= 0.3 is 150 Å². The summed E-state index contributed by atoms with van der Waals surface area (Å²) in [5.74, 6) is 1.67. The van der Waals surface area contributed by atoms with Gasteiger partial charge in [0, 0.05) is 0 Å². The molecule has 3 unspecified atom stereocenters. The van der Waals surface area contributed by atoms with E-state index in [1.807, 2.05) is 0 Å². The van der Waals surface area contributed by atoms with Crippen LogP contribution < -0.4 is 24.8 Å². The fourth-order valence-corrected chi connectivity index (χ4v) is 10.1. The van der Waals surface area contributed by atoms with Crippen molar-refractivity contribution < 1.29 is 48.0 Å². The predicted octanol–water partition coefficient (Wildman–Crippen LogP) is -0.212. The van der Waals surface area contributed by atoms with Crippen LogP contribution in [0.1, 0.15) is 27.6 Å². The molecular weight excluding hydrogens is 426 g/mol. The molecule has 1 fully saturated rings. The molecule has 3 aliphatic rings. The number of fused-ring (bicyclic) bond motifs is 4. The Bertz CT molecular complexity index is 766. The molecular formula is C22H20Cl2Zr. The second-order valence-corrected chi connectivity index (χ2v) is 11.0. The number of hydrogen-bond donors (Lipinski definition) is 0. The zero-order valence-corrected chi connectivity index (χ0v) is 17.9. The zero-order chi connectivity index (χ0) is 15.2. The monoisotopic (exact) mass is 444 g/mol. The van der Waals surface area contributed by atoms with Gasteiger partial charge in [-0.3, -0.25) is 0 Å². The molecule has 0 spiro atoms. The molecule has 0 aromatic heterocycles. The number of allylic oxidation sites excluding steroid dienone is 4. The largest absolute Gasteiger partial charge is 1.00 e. The van der Waals surface area contributed by atoms with E-state index in [0.29, 0.717) is 0 Å². The Labute approximate surface area is 174 Å². The van der Waals surface area contributed by atoms with Gasteiger partial charge in [0.2, 0.25) is 0 Å². The van der Waals surface area contributed by atoms with Gasteiger partial charge in [-0.2, -0.15) is 0 Å². The quantitative estimate of drug-likeness (QED) is 0.599. The fraction of sp³-hybridized carbons (Fsp3) is 0.273. The molecule has 0 aliphatic heterocycles. The number of benzene rings is 2. The van der Waals surface area contributed by atoms with Crippen LogP contribution in [-0.4, -0.2) is 0 Å². The summed E-state index contributed by atoms with van der Waals surface area (Å²) in [6.45, 7) is 0. The molecule has 0 amide bonds. The summed E-state index contributed by atoms with van der Waals surface area (Å²) in [7, 11) is 0. The third-order valence-electron chi connectivity index (χ3n) is 5.79. The van der Waals surface area contributed by atoms with Crippen molar-refractivity contribution in [2.24, 2.45) is 11.8 Å². The van der Waals surface area contributed by atoms with Gasteiger partial charge < -0.3 is 24.8 Å². The van der Waals surface area contributed by atoms with Gasteiger partial charge in [0.25, 0.3) is 0 Å². The summed E-state index contributed by atoms with van der Waals surface area (Å²) < 4.78 is 1.75. The van der Waals surface area contributed by atoms with E-state index < -0.39 is 23.2 Å². The maximum absolute atomic E-state index is 2.51. The first-order valence-corrected chi connectivity index (χ1v) is 11.5. The second-order valence-electron chi connectivity index (χ2n) is 6.97. The number of halogens is 2. The summed E-state index contributed by atoms with van der Waals surface area (Å²) >= 11 is -0.541. The Morgan fingerprint density at radius 3 is 2.00 bits per heavy atom. The van der Waals surface area contributed by atoms with Gasteiger partial charge in [0.15, 0.2) is 0 Å². The number of rotatable bonds is 2. The van der Waals surface area contributed by atoms with E-state index in [1.165, 1.54) is 24.0 Å². The summed E-state index contributed by atoms with van der Waals surface area (Å²) in [5.41, 5.74) is 6.25. The normalized spacial score (nSPS) is 25.2. The maximum atomic E-state index is 2.51. The van der Waals surface area contributed by atoms with Gasteiger partial charge in [-0.1, -0.05) is 0 Å². The van der Waals surface area contributed by atoms with Crippen molar-refractivity contribution in [3.8, 4) is 11.1 Å². The molecule has 2 aromatic carbocycles. The summed E-state index contributed by atoms with van der Waals surface area (Å²) in [5, 5.41) is 0. The Balaban J connectivity index is 0.000000911. The van der Waals surface area contributed by atoms with E-state index >= 15 is 0 Å². The van der Waals surface area contributed by atoms with Crippen molar-refractivity contribution in [2.75, 3.05) is 0 Å². The Hall–Kier alpha value is -0.617. The predicted molar refractivity (Wildman–Crippen MR) is 92.0 cm³/mol. The molecule has 2 aromatic rings. The minimum atomic E-state index is -0.541. The van der Waals surface area contributed by atoms with Crippen LogP contribution in [-0.2, 0) is 23.2 Å². The summed E-state index contributed by atoms with van der Waals surface area (Å²) in [4.78, 5) is 0. The molecule has 0 N–H and O–H groups in total. The van der Waals surface area contributed by atoms with Crippen molar-refractivity contribution in [3.05, 3.63) is 84.0 Å². The van der Waals surface area contributed by atoms with Gasteiger partial charge in [-0.25, -0.2) is 0 Å². The van der Waals surface area contributed by atoms with Crippen molar-refractivity contribution in [2.45, 2.75) is 20.1 Å². The van der Waals surface area contributed by atoms with Crippen LogP contribution >= 0.6 is 0 Å². The zero-order valence-electron chi connectivity index (χ0n) is 13.9. The molecule has 0 saturated heterocycles. The Kier molecular flexibility index (Phi) is 6.09. The smallest absolute Gasteiger partial charge is 1.00 e. The molecule has 3 atom stereocenters. The van der Waals surface area contributed by atoms with Crippen molar-refractivity contribution in [1.29, 1.82) is 0 Å². The van der Waals surface area contributed by atoms with Crippen LogP contribution in [0, 0.1) is 11.8 Å². The minimum Gasteiger partial charge on any atom is -1.00 e. The standard InChI is InChI=1S/C13H9.C9H11.2ClH.Zr/c1-3-7-12-10(5-1)9-11-6-2-4-8-13(11)12;1-2-5-9-7-3-6-8(9)4-1;;;/h1-9H;1-2,4-6,8-9H,3,7H2;2*1H;/q;;;;+2/p-2. The van der Waals surface area contributed by atoms with Crippen LogP contribution in [0.5, 0.6) is 0 Å². The average Bonchev–Trinajstić information content (AvgIpc) is 3.16. The molecule has 126 valence electrons. The number of hydrogen-bond acceptors (Lipinski definition) is 0. The molecule has 0 heterocycles. The van der Waals surface area contributed by atoms with Crippen LogP contribution in [0.15, 0.2) is 72.8 Å². The molecule has 1 saturated carbocycles. The molecule has 0 radical (unpaired) electrons. The van der Waals surface area contributed by atoms with E-state index in [9.17, 15) is 0 Å². The average molecular weight is 447 g/mol. The second kappa shape index (κ2) is 7.95. The first-order valence-electron chi connectivity index (χ1n) is 8.71. The minimum absolute atomic E-state index is 0. The molecule has 25 heavy (non-hydrogen) atoms. The molecule has 0 nitrogen and oxygen atoms in total.